The number of carbonyl (C=O) groups excluding carboxylic acids is 1. The van der Waals surface area contributed by atoms with E-state index in [2.05, 4.69) is 31.9 Å². The van der Waals surface area contributed by atoms with Crippen molar-refractivity contribution in [1.29, 1.82) is 0 Å². The molecule has 1 aromatic carbocycles. The molecule has 2 unspecified atom stereocenters. The molecular weight excluding hydrogens is 446 g/mol. The topological polar surface area (TPSA) is 81.2 Å². The molecule has 0 radical (unpaired) electrons. The fraction of sp³-hybridized carbons (Fsp3) is 0.480. The third-order valence-electron chi connectivity index (χ3n) is 6.39. The zero-order valence-corrected chi connectivity index (χ0v) is 21.0. The van der Waals surface area contributed by atoms with Crippen LogP contribution in [0.2, 0.25) is 0 Å². The number of amides is 1. The van der Waals surface area contributed by atoms with Gasteiger partial charge in [0.15, 0.2) is 16.6 Å². The maximum Gasteiger partial charge on any atom is 0.233 e. The van der Waals surface area contributed by atoms with Crippen LogP contribution in [0.15, 0.2) is 35.5 Å². The number of likely N-dealkylation sites (tertiary alicyclic amines) is 1. The molecule has 0 N–H and O–H groups in total. The van der Waals surface area contributed by atoms with Gasteiger partial charge in [-0.05, 0) is 50.3 Å². The van der Waals surface area contributed by atoms with E-state index < -0.39 is 0 Å². The molecule has 2 atom stereocenters. The predicted molar refractivity (Wildman–Crippen MR) is 134 cm³/mol. The van der Waals surface area contributed by atoms with Gasteiger partial charge in [0.2, 0.25) is 5.91 Å². The van der Waals surface area contributed by atoms with Crippen molar-refractivity contribution < 1.29 is 4.79 Å². The maximum atomic E-state index is 13.0. The Kier molecular flexibility index (Phi) is 6.29. The largest absolute Gasteiger partial charge is 0.341 e. The van der Waals surface area contributed by atoms with E-state index in [0.29, 0.717) is 35.7 Å². The van der Waals surface area contributed by atoms with Gasteiger partial charge in [0.1, 0.15) is 0 Å². The first-order chi connectivity index (χ1) is 16.4. The summed E-state index contributed by atoms with van der Waals surface area (Å²) in [5.74, 6) is 2.35. The van der Waals surface area contributed by atoms with Crippen molar-refractivity contribution in [2.45, 2.75) is 52.2 Å². The number of hydrogen-bond donors (Lipinski definition) is 0. The second kappa shape index (κ2) is 9.37. The van der Waals surface area contributed by atoms with E-state index in [0.717, 1.165) is 46.9 Å². The molecule has 1 amide bonds. The third kappa shape index (κ3) is 4.66. The minimum Gasteiger partial charge on any atom is -0.341 e. The van der Waals surface area contributed by atoms with Crippen LogP contribution in [0, 0.1) is 25.7 Å². The number of aryl methyl sites for hydroxylation is 4. The van der Waals surface area contributed by atoms with Crippen molar-refractivity contribution in [2.75, 3.05) is 18.8 Å². The number of piperidine rings is 1. The van der Waals surface area contributed by atoms with E-state index in [-0.39, 0.29) is 5.91 Å². The van der Waals surface area contributed by atoms with Gasteiger partial charge in [-0.1, -0.05) is 37.7 Å². The second-order valence-corrected chi connectivity index (χ2v) is 10.6. The summed E-state index contributed by atoms with van der Waals surface area (Å²) in [5.41, 5.74) is 3.78. The second-order valence-electron chi connectivity index (χ2n) is 9.61. The zero-order chi connectivity index (χ0) is 23.8. The normalized spacial score (nSPS) is 18.8. The summed E-state index contributed by atoms with van der Waals surface area (Å²) < 4.78 is 3.80. The molecule has 34 heavy (non-hydrogen) atoms. The van der Waals surface area contributed by atoms with Gasteiger partial charge < -0.3 is 4.90 Å². The van der Waals surface area contributed by atoms with E-state index in [1.54, 1.807) is 4.52 Å². The third-order valence-corrected chi connectivity index (χ3v) is 7.30. The standard InChI is InChI=1S/C25H31N7OS/c1-16-11-17(2)14-30(13-16)23(33)15-34-25-26-21-8-6-5-7-20(21)24-27-22(29-32(24)25)9-10-31-19(4)12-18(3)28-31/h5-8,12,16-17H,9-11,13-15H2,1-4H3. The maximum absolute atomic E-state index is 13.0. The van der Waals surface area contributed by atoms with Gasteiger partial charge >= 0.3 is 0 Å². The molecule has 1 fully saturated rings. The van der Waals surface area contributed by atoms with Crippen molar-refractivity contribution in [3.05, 3.63) is 47.5 Å². The van der Waals surface area contributed by atoms with E-state index in [1.807, 2.05) is 40.8 Å². The van der Waals surface area contributed by atoms with Crippen LogP contribution in [0.1, 0.15) is 37.5 Å². The predicted octanol–water partition coefficient (Wildman–Crippen LogP) is 3.93. The Morgan fingerprint density at radius 3 is 2.59 bits per heavy atom. The molecule has 1 aliphatic heterocycles. The van der Waals surface area contributed by atoms with Gasteiger partial charge in [-0.3, -0.25) is 9.48 Å². The molecule has 5 rings (SSSR count). The van der Waals surface area contributed by atoms with Crippen LogP contribution in [0.25, 0.3) is 16.6 Å². The number of benzene rings is 1. The smallest absolute Gasteiger partial charge is 0.233 e. The molecular formula is C25H31N7OS. The Bertz CT molecular complexity index is 1330. The van der Waals surface area contributed by atoms with Gasteiger partial charge in [-0.25, -0.2) is 9.97 Å². The number of rotatable bonds is 6. The van der Waals surface area contributed by atoms with Crippen LogP contribution in [-0.2, 0) is 17.8 Å². The Labute approximate surface area is 203 Å². The lowest BCUT2D eigenvalue weighted by Gasteiger charge is -2.34. The summed E-state index contributed by atoms with van der Waals surface area (Å²) in [6.45, 7) is 10.9. The van der Waals surface area contributed by atoms with Crippen LogP contribution >= 0.6 is 11.8 Å². The first-order valence-electron chi connectivity index (χ1n) is 11.9. The number of thioether (sulfide) groups is 1. The first kappa shape index (κ1) is 22.8. The van der Waals surface area contributed by atoms with Gasteiger partial charge in [0.05, 0.1) is 17.0 Å². The van der Waals surface area contributed by atoms with Crippen LogP contribution in [0.5, 0.6) is 0 Å². The van der Waals surface area contributed by atoms with Crippen LogP contribution in [0.4, 0.5) is 0 Å². The highest BCUT2D eigenvalue weighted by Gasteiger charge is 2.26. The Morgan fingerprint density at radius 2 is 1.85 bits per heavy atom. The minimum absolute atomic E-state index is 0.163. The molecule has 9 heteroatoms. The summed E-state index contributed by atoms with van der Waals surface area (Å²) in [5, 5.41) is 11.0. The summed E-state index contributed by atoms with van der Waals surface area (Å²) in [7, 11) is 0. The van der Waals surface area contributed by atoms with Gasteiger partial charge in [0, 0.05) is 37.1 Å². The van der Waals surface area contributed by atoms with E-state index in [4.69, 9.17) is 15.1 Å². The lowest BCUT2D eigenvalue weighted by atomic mass is 9.92. The van der Waals surface area contributed by atoms with Crippen molar-refractivity contribution >= 4 is 34.2 Å². The fourth-order valence-corrected chi connectivity index (χ4v) is 5.81. The summed E-state index contributed by atoms with van der Waals surface area (Å²) in [6.07, 6.45) is 1.85. The SMILES string of the molecule is Cc1cc(C)n(CCc2nc3c4ccccc4nc(SCC(=O)N4CC(C)CC(C)C4)n3n2)n1. The molecule has 0 bridgehead atoms. The van der Waals surface area contributed by atoms with E-state index >= 15 is 0 Å². The van der Waals surface area contributed by atoms with Crippen LogP contribution < -0.4 is 0 Å². The quantitative estimate of drug-likeness (QED) is 0.309. The summed E-state index contributed by atoms with van der Waals surface area (Å²) in [4.78, 5) is 24.7. The number of carbonyl (C=O) groups is 1. The average molecular weight is 478 g/mol. The van der Waals surface area contributed by atoms with Gasteiger partial charge in [-0.15, -0.1) is 5.10 Å². The van der Waals surface area contributed by atoms with E-state index in [9.17, 15) is 4.79 Å². The first-order valence-corrected chi connectivity index (χ1v) is 12.9. The molecule has 4 heterocycles. The van der Waals surface area contributed by atoms with Crippen LogP contribution in [0.3, 0.4) is 0 Å². The molecule has 0 aliphatic carbocycles. The molecule has 3 aromatic heterocycles. The van der Waals surface area contributed by atoms with Crippen molar-refractivity contribution in [3.8, 4) is 0 Å². The lowest BCUT2D eigenvalue weighted by Crippen LogP contribution is -2.43. The summed E-state index contributed by atoms with van der Waals surface area (Å²) in [6, 6.07) is 10.0. The molecule has 1 saturated heterocycles. The number of hydrogen-bond acceptors (Lipinski definition) is 6. The monoisotopic (exact) mass is 477 g/mol. The van der Waals surface area contributed by atoms with Crippen molar-refractivity contribution in [3.63, 3.8) is 0 Å². The highest BCUT2D eigenvalue weighted by molar-refractivity contribution is 7.99. The van der Waals surface area contributed by atoms with Gasteiger partial charge in [-0.2, -0.15) is 9.61 Å². The zero-order valence-electron chi connectivity index (χ0n) is 20.2. The fourth-order valence-electron chi connectivity index (χ4n) is 4.96. The lowest BCUT2D eigenvalue weighted by molar-refractivity contribution is -0.130. The average Bonchev–Trinajstić information content (AvgIpc) is 3.37. The molecule has 0 saturated carbocycles. The number of para-hydroxylation sites is 1. The summed E-state index contributed by atoms with van der Waals surface area (Å²) >= 11 is 1.44. The Morgan fingerprint density at radius 1 is 1.09 bits per heavy atom. The number of nitrogens with zero attached hydrogens (tertiary/aromatic N) is 7. The Hall–Kier alpha value is -2.94. The molecule has 0 spiro atoms. The molecule has 8 nitrogen and oxygen atoms in total. The highest BCUT2D eigenvalue weighted by Crippen LogP contribution is 2.26. The molecule has 4 aromatic rings. The van der Waals surface area contributed by atoms with E-state index in [1.165, 1.54) is 18.2 Å². The number of aromatic nitrogens is 6. The Balaban J connectivity index is 1.40. The molecule has 1 aliphatic rings. The van der Waals surface area contributed by atoms with Crippen LogP contribution in [-0.4, -0.2) is 59.0 Å². The van der Waals surface area contributed by atoms with Gasteiger partial charge in [0.25, 0.3) is 0 Å². The number of fused-ring (bicyclic) bond motifs is 3. The minimum atomic E-state index is 0.163. The van der Waals surface area contributed by atoms with Crippen molar-refractivity contribution in [2.24, 2.45) is 11.8 Å². The highest BCUT2D eigenvalue weighted by atomic mass is 32.2. The molecule has 178 valence electrons. The van der Waals surface area contributed by atoms with Crippen molar-refractivity contribution in [1.82, 2.24) is 34.3 Å².